The number of likely N-dealkylation sites (N-methyl/N-ethyl adjacent to an activating group) is 1. The number of nitrogens with zero attached hydrogens (tertiary/aromatic N) is 2. The lowest BCUT2D eigenvalue weighted by Gasteiger charge is -2.21. The summed E-state index contributed by atoms with van der Waals surface area (Å²) in [6.45, 7) is 4.24. The summed E-state index contributed by atoms with van der Waals surface area (Å²) in [4.78, 5) is 29.1. The Hall–Kier alpha value is -2.31. The number of carbonyl (C=O) groups is 2. The molecule has 0 spiro atoms. The molecule has 0 aliphatic heterocycles. The van der Waals surface area contributed by atoms with E-state index in [4.69, 9.17) is 5.73 Å². The fourth-order valence-electron chi connectivity index (χ4n) is 1.60. The standard InChI is InChI=1S/C13H20N4O3/c1-5-17(3)12(18)8(2)16-11-6-9(13(19)20-4)10(14)7-15-11/h6-8H,5,14H2,1-4H3,(H,15,16). The van der Waals surface area contributed by atoms with Gasteiger partial charge in [-0.15, -0.1) is 0 Å². The molecule has 1 heterocycles. The van der Waals surface area contributed by atoms with Crippen molar-refractivity contribution in [3.8, 4) is 0 Å². The molecule has 0 saturated carbocycles. The summed E-state index contributed by atoms with van der Waals surface area (Å²) in [5, 5.41) is 2.94. The van der Waals surface area contributed by atoms with Crippen molar-refractivity contribution in [3.63, 3.8) is 0 Å². The first kappa shape index (κ1) is 15.7. The van der Waals surface area contributed by atoms with E-state index in [9.17, 15) is 9.59 Å². The molecule has 0 saturated heterocycles. The minimum atomic E-state index is -0.544. The summed E-state index contributed by atoms with van der Waals surface area (Å²) >= 11 is 0. The van der Waals surface area contributed by atoms with Crippen molar-refractivity contribution in [2.75, 3.05) is 31.8 Å². The number of nitrogen functional groups attached to an aromatic ring is 1. The van der Waals surface area contributed by atoms with Crippen molar-refractivity contribution in [2.45, 2.75) is 19.9 Å². The van der Waals surface area contributed by atoms with Gasteiger partial charge in [-0.3, -0.25) is 4.79 Å². The number of rotatable bonds is 5. The van der Waals surface area contributed by atoms with Gasteiger partial charge in [0.15, 0.2) is 0 Å². The highest BCUT2D eigenvalue weighted by Gasteiger charge is 2.18. The molecule has 1 atom stereocenters. The predicted octanol–water partition coefficient (Wildman–Crippen LogP) is 0.729. The summed E-state index contributed by atoms with van der Waals surface area (Å²) in [6, 6.07) is 1.01. The van der Waals surface area contributed by atoms with E-state index in [1.54, 1.807) is 18.9 Å². The first-order valence-electron chi connectivity index (χ1n) is 6.26. The van der Waals surface area contributed by atoms with Gasteiger partial charge in [-0.25, -0.2) is 9.78 Å². The van der Waals surface area contributed by atoms with Crippen molar-refractivity contribution < 1.29 is 14.3 Å². The van der Waals surface area contributed by atoms with Crippen LogP contribution < -0.4 is 11.1 Å². The predicted molar refractivity (Wildman–Crippen MR) is 76.4 cm³/mol. The van der Waals surface area contributed by atoms with Gasteiger partial charge in [-0.1, -0.05) is 0 Å². The molecule has 1 unspecified atom stereocenters. The molecular formula is C13H20N4O3. The van der Waals surface area contributed by atoms with Gasteiger partial charge in [0, 0.05) is 13.6 Å². The first-order valence-corrected chi connectivity index (χ1v) is 6.26. The SMILES string of the molecule is CCN(C)C(=O)C(C)Nc1cc(C(=O)OC)c(N)cn1. The second-order valence-corrected chi connectivity index (χ2v) is 4.37. The third-order valence-corrected chi connectivity index (χ3v) is 2.93. The summed E-state index contributed by atoms with van der Waals surface area (Å²) in [6.07, 6.45) is 1.36. The van der Waals surface area contributed by atoms with E-state index in [2.05, 4.69) is 15.0 Å². The zero-order valence-electron chi connectivity index (χ0n) is 12.1. The van der Waals surface area contributed by atoms with E-state index in [1.165, 1.54) is 19.4 Å². The Morgan fingerprint density at radius 3 is 2.75 bits per heavy atom. The zero-order chi connectivity index (χ0) is 15.3. The Kier molecular flexibility index (Phi) is 5.31. The highest BCUT2D eigenvalue weighted by atomic mass is 16.5. The van der Waals surface area contributed by atoms with Gasteiger partial charge in [-0.05, 0) is 19.9 Å². The van der Waals surface area contributed by atoms with Crippen LogP contribution in [0.3, 0.4) is 0 Å². The van der Waals surface area contributed by atoms with Crippen molar-refractivity contribution in [2.24, 2.45) is 0 Å². The van der Waals surface area contributed by atoms with Crippen LogP contribution in [0.25, 0.3) is 0 Å². The molecule has 0 bridgehead atoms. The average molecular weight is 280 g/mol. The highest BCUT2D eigenvalue weighted by molar-refractivity contribution is 5.95. The molecule has 7 nitrogen and oxygen atoms in total. The maximum absolute atomic E-state index is 11.9. The molecule has 0 aliphatic rings. The number of anilines is 2. The number of methoxy groups -OCH3 is 1. The normalized spacial score (nSPS) is 11.6. The summed E-state index contributed by atoms with van der Waals surface area (Å²) in [5.74, 6) is -0.215. The van der Waals surface area contributed by atoms with Gasteiger partial charge in [0.05, 0.1) is 24.6 Å². The van der Waals surface area contributed by atoms with Crippen LogP contribution in [0.2, 0.25) is 0 Å². The number of aromatic nitrogens is 1. The number of nitrogens with two attached hydrogens (primary N) is 1. The van der Waals surface area contributed by atoms with Gasteiger partial charge in [-0.2, -0.15) is 0 Å². The van der Waals surface area contributed by atoms with Crippen molar-refractivity contribution in [1.29, 1.82) is 0 Å². The Morgan fingerprint density at radius 1 is 1.55 bits per heavy atom. The molecule has 1 amide bonds. The molecule has 1 rings (SSSR count). The van der Waals surface area contributed by atoms with Crippen molar-refractivity contribution in [1.82, 2.24) is 9.88 Å². The van der Waals surface area contributed by atoms with Crippen LogP contribution in [-0.4, -0.2) is 48.5 Å². The fraction of sp³-hybridized carbons (Fsp3) is 0.462. The number of carbonyl (C=O) groups excluding carboxylic acids is 2. The topological polar surface area (TPSA) is 97.5 Å². The summed E-state index contributed by atoms with van der Waals surface area (Å²) in [7, 11) is 2.99. The maximum Gasteiger partial charge on any atom is 0.340 e. The van der Waals surface area contributed by atoms with Crippen LogP contribution in [-0.2, 0) is 9.53 Å². The Morgan fingerprint density at radius 2 is 2.20 bits per heavy atom. The van der Waals surface area contributed by atoms with Gasteiger partial charge < -0.3 is 20.7 Å². The lowest BCUT2D eigenvalue weighted by molar-refractivity contribution is -0.130. The molecule has 0 aliphatic carbocycles. The molecular weight excluding hydrogens is 260 g/mol. The lowest BCUT2D eigenvalue weighted by atomic mass is 10.2. The third-order valence-electron chi connectivity index (χ3n) is 2.93. The van der Waals surface area contributed by atoms with E-state index in [1.807, 2.05) is 6.92 Å². The first-order chi connectivity index (χ1) is 9.40. The van der Waals surface area contributed by atoms with E-state index >= 15 is 0 Å². The van der Waals surface area contributed by atoms with Crippen LogP contribution >= 0.6 is 0 Å². The van der Waals surface area contributed by atoms with Crippen molar-refractivity contribution in [3.05, 3.63) is 17.8 Å². The zero-order valence-corrected chi connectivity index (χ0v) is 12.1. The number of amides is 1. The molecule has 7 heteroatoms. The molecule has 1 aromatic rings. The summed E-state index contributed by atoms with van der Waals surface area (Å²) < 4.78 is 4.63. The van der Waals surface area contributed by atoms with E-state index in [0.29, 0.717) is 12.4 Å². The van der Waals surface area contributed by atoms with Crippen LogP contribution in [0, 0.1) is 0 Å². The quantitative estimate of drug-likeness (QED) is 0.772. The second-order valence-electron chi connectivity index (χ2n) is 4.37. The van der Waals surface area contributed by atoms with Gasteiger partial charge >= 0.3 is 5.97 Å². The van der Waals surface area contributed by atoms with Gasteiger partial charge in [0.2, 0.25) is 5.91 Å². The number of hydrogen-bond donors (Lipinski definition) is 2. The summed E-state index contributed by atoms with van der Waals surface area (Å²) in [5.41, 5.74) is 6.10. The maximum atomic E-state index is 11.9. The molecule has 0 fully saturated rings. The molecule has 0 aromatic carbocycles. The minimum absolute atomic E-state index is 0.0641. The highest BCUT2D eigenvalue weighted by Crippen LogP contribution is 2.16. The van der Waals surface area contributed by atoms with E-state index in [0.717, 1.165) is 0 Å². The fourth-order valence-corrected chi connectivity index (χ4v) is 1.60. The molecule has 20 heavy (non-hydrogen) atoms. The van der Waals surface area contributed by atoms with Crippen LogP contribution in [0.5, 0.6) is 0 Å². The number of ether oxygens (including phenoxy) is 1. The largest absolute Gasteiger partial charge is 0.465 e. The molecule has 3 N–H and O–H groups in total. The number of hydrogen-bond acceptors (Lipinski definition) is 6. The monoisotopic (exact) mass is 280 g/mol. The van der Waals surface area contributed by atoms with E-state index < -0.39 is 12.0 Å². The van der Waals surface area contributed by atoms with Crippen LogP contribution in [0.4, 0.5) is 11.5 Å². The van der Waals surface area contributed by atoms with Gasteiger partial charge in [0.1, 0.15) is 11.9 Å². The third kappa shape index (κ3) is 3.59. The smallest absolute Gasteiger partial charge is 0.340 e. The number of esters is 1. The Balaban J connectivity index is 2.88. The van der Waals surface area contributed by atoms with Gasteiger partial charge in [0.25, 0.3) is 0 Å². The van der Waals surface area contributed by atoms with Crippen LogP contribution in [0.15, 0.2) is 12.3 Å². The number of pyridine rings is 1. The molecule has 110 valence electrons. The second kappa shape index (κ2) is 6.74. The molecule has 0 radical (unpaired) electrons. The molecule has 1 aromatic heterocycles. The Labute approximate surface area is 118 Å². The average Bonchev–Trinajstić information content (AvgIpc) is 2.46. The number of nitrogens with one attached hydrogen (secondary N) is 1. The lowest BCUT2D eigenvalue weighted by Crippen LogP contribution is -2.39. The minimum Gasteiger partial charge on any atom is -0.465 e. The van der Waals surface area contributed by atoms with Crippen LogP contribution in [0.1, 0.15) is 24.2 Å². The van der Waals surface area contributed by atoms with Crippen molar-refractivity contribution >= 4 is 23.4 Å². The Bertz CT molecular complexity index is 504. The van der Waals surface area contributed by atoms with E-state index in [-0.39, 0.29) is 17.2 Å².